The molecule has 1 fully saturated rings. The Morgan fingerprint density at radius 2 is 1.67 bits per heavy atom. The van der Waals surface area contributed by atoms with Crippen molar-refractivity contribution in [1.82, 2.24) is 4.31 Å². The van der Waals surface area contributed by atoms with Crippen molar-refractivity contribution < 1.29 is 13.2 Å². The molecule has 1 aliphatic rings. The third-order valence-corrected chi connectivity index (χ3v) is 6.59. The molecule has 6 heteroatoms. The number of nitrogens with one attached hydrogen (secondary N) is 1. The minimum Gasteiger partial charge on any atom is -0.323 e. The fraction of sp³-hybridized carbons (Fsp3) is 0.286. The van der Waals surface area contributed by atoms with Crippen LogP contribution in [0.2, 0.25) is 0 Å². The van der Waals surface area contributed by atoms with E-state index in [1.165, 1.54) is 10.4 Å². The number of anilines is 1. The molecule has 1 N–H and O–H groups in total. The van der Waals surface area contributed by atoms with Crippen LogP contribution >= 0.6 is 0 Å². The van der Waals surface area contributed by atoms with E-state index in [2.05, 4.69) is 5.32 Å². The topological polar surface area (TPSA) is 66.5 Å². The van der Waals surface area contributed by atoms with E-state index < -0.39 is 10.0 Å². The number of hydrogen-bond donors (Lipinski definition) is 1. The highest BCUT2D eigenvalue weighted by Crippen LogP contribution is 2.22. The summed E-state index contributed by atoms with van der Waals surface area (Å²) in [7, 11) is -3.45. The van der Waals surface area contributed by atoms with Gasteiger partial charge in [-0.1, -0.05) is 30.7 Å². The van der Waals surface area contributed by atoms with E-state index in [-0.39, 0.29) is 10.8 Å². The summed E-state index contributed by atoms with van der Waals surface area (Å²) >= 11 is 0. The van der Waals surface area contributed by atoms with E-state index in [1.807, 2.05) is 31.2 Å². The third kappa shape index (κ3) is 4.84. The molecular formula is C21H24N2O3S. The Morgan fingerprint density at radius 3 is 2.33 bits per heavy atom. The van der Waals surface area contributed by atoms with Crippen molar-refractivity contribution in [1.29, 1.82) is 0 Å². The predicted molar refractivity (Wildman–Crippen MR) is 108 cm³/mol. The number of benzene rings is 2. The summed E-state index contributed by atoms with van der Waals surface area (Å²) in [6.07, 6.45) is 6.12. The lowest BCUT2D eigenvalue weighted by molar-refractivity contribution is -0.111. The number of aryl methyl sites for hydroxylation is 1. The van der Waals surface area contributed by atoms with Crippen LogP contribution in [-0.4, -0.2) is 31.7 Å². The molecule has 0 unspecified atom stereocenters. The number of sulfonamides is 1. The van der Waals surface area contributed by atoms with Gasteiger partial charge in [-0.25, -0.2) is 8.42 Å². The second kappa shape index (κ2) is 8.50. The number of hydrogen-bond acceptors (Lipinski definition) is 3. The molecule has 1 aliphatic heterocycles. The zero-order valence-corrected chi connectivity index (χ0v) is 16.2. The smallest absolute Gasteiger partial charge is 0.248 e. The van der Waals surface area contributed by atoms with E-state index in [0.29, 0.717) is 18.8 Å². The molecule has 1 heterocycles. The van der Waals surface area contributed by atoms with Gasteiger partial charge in [0.15, 0.2) is 0 Å². The van der Waals surface area contributed by atoms with Crippen molar-refractivity contribution >= 4 is 27.7 Å². The first-order chi connectivity index (χ1) is 13.0. The minimum atomic E-state index is -3.45. The summed E-state index contributed by atoms with van der Waals surface area (Å²) in [6.45, 7) is 3.13. The Labute approximate surface area is 160 Å². The first kappa shape index (κ1) is 19.3. The molecule has 0 bridgehead atoms. The molecule has 0 radical (unpaired) electrons. The van der Waals surface area contributed by atoms with Gasteiger partial charge >= 0.3 is 0 Å². The molecule has 27 heavy (non-hydrogen) atoms. The number of carbonyl (C=O) groups is 1. The summed E-state index contributed by atoms with van der Waals surface area (Å²) in [5.74, 6) is -0.259. The van der Waals surface area contributed by atoms with E-state index in [0.717, 1.165) is 30.4 Å². The second-order valence-corrected chi connectivity index (χ2v) is 8.61. The largest absolute Gasteiger partial charge is 0.323 e. The van der Waals surface area contributed by atoms with Gasteiger partial charge in [0, 0.05) is 24.9 Å². The summed E-state index contributed by atoms with van der Waals surface area (Å²) in [5.41, 5.74) is 2.64. The lowest BCUT2D eigenvalue weighted by Crippen LogP contribution is -2.35. The predicted octanol–water partition coefficient (Wildman–Crippen LogP) is 3.82. The monoisotopic (exact) mass is 384 g/mol. The Hall–Kier alpha value is -2.44. The molecular weight excluding hydrogens is 360 g/mol. The Morgan fingerprint density at radius 1 is 1.00 bits per heavy atom. The highest BCUT2D eigenvalue weighted by atomic mass is 32.2. The molecule has 1 saturated heterocycles. The summed E-state index contributed by atoms with van der Waals surface area (Å²) < 4.78 is 26.8. The Balaban J connectivity index is 1.65. The standard InChI is InChI=1S/C21H24N2O3S/c1-17-7-3-4-8-18(17)9-14-21(24)22-19-10-12-20(13-11-19)27(25,26)23-15-5-2-6-16-23/h3-4,7-14H,2,5-6,15-16H2,1H3,(H,22,24). The van der Waals surface area contributed by atoms with Gasteiger partial charge in [-0.3, -0.25) is 4.79 Å². The molecule has 0 atom stereocenters. The van der Waals surface area contributed by atoms with Crippen LogP contribution in [0.4, 0.5) is 5.69 Å². The van der Waals surface area contributed by atoms with Crippen molar-refractivity contribution in [3.05, 3.63) is 65.7 Å². The average molecular weight is 385 g/mol. The van der Waals surface area contributed by atoms with Crippen LogP contribution in [0.3, 0.4) is 0 Å². The van der Waals surface area contributed by atoms with Gasteiger partial charge in [0.2, 0.25) is 15.9 Å². The normalized spacial score (nSPS) is 15.7. The van der Waals surface area contributed by atoms with Crippen LogP contribution in [0.15, 0.2) is 59.5 Å². The number of nitrogens with zero attached hydrogens (tertiary/aromatic N) is 1. The summed E-state index contributed by atoms with van der Waals surface area (Å²) in [6, 6.07) is 14.1. The minimum absolute atomic E-state index is 0.259. The molecule has 0 spiro atoms. The first-order valence-electron chi connectivity index (χ1n) is 9.12. The van der Waals surface area contributed by atoms with Gasteiger partial charge in [0.25, 0.3) is 0 Å². The number of rotatable bonds is 5. The van der Waals surface area contributed by atoms with E-state index in [9.17, 15) is 13.2 Å². The zero-order valence-electron chi connectivity index (χ0n) is 15.4. The maximum atomic E-state index is 12.6. The van der Waals surface area contributed by atoms with Crippen LogP contribution in [-0.2, 0) is 14.8 Å². The molecule has 5 nitrogen and oxygen atoms in total. The molecule has 0 saturated carbocycles. The highest BCUT2D eigenvalue weighted by Gasteiger charge is 2.25. The molecule has 2 aromatic rings. The number of amides is 1. The van der Waals surface area contributed by atoms with Gasteiger partial charge < -0.3 is 5.32 Å². The lowest BCUT2D eigenvalue weighted by Gasteiger charge is -2.25. The van der Waals surface area contributed by atoms with Crippen LogP contribution in [0.5, 0.6) is 0 Å². The molecule has 0 aromatic heterocycles. The average Bonchev–Trinajstić information content (AvgIpc) is 2.68. The van der Waals surface area contributed by atoms with Crippen molar-refractivity contribution in [2.24, 2.45) is 0 Å². The number of piperidine rings is 1. The third-order valence-electron chi connectivity index (χ3n) is 4.68. The van der Waals surface area contributed by atoms with E-state index in [1.54, 1.807) is 30.3 Å². The maximum absolute atomic E-state index is 12.6. The van der Waals surface area contributed by atoms with Crippen LogP contribution < -0.4 is 5.32 Å². The zero-order chi connectivity index (χ0) is 19.3. The molecule has 1 amide bonds. The lowest BCUT2D eigenvalue weighted by atomic mass is 10.1. The van der Waals surface area contributed by atoms with Crippen LogP contribution in [0.1, 0.15) is 30.4 Å². The molecule has 3 rings (SSSR count). The first-order valence-corrected chi connectivity index (χ1v) is 10.6. The molecule has 142 valence electrons. The highest BCUT2D eigenvalue weighted by molar-refractivity contribution is 7.89. The maximum Gasteiger partial charge on any atom is 0.248 e. The Kier molecular flexibility index (Phi) is 6.08. The van der Waals surface area contributed by atoms with Gasteiger partial charge in [0.05, 0.1) is 4.90 Å². The van der Waals surface area contributed by atoms with E-state index in [4.69, 9.17) is 0 Å². The van der Waals surface area contributed by atoms with Gasteiger partial charge in [0.1, 0.15) is 0 Å². The summed E-state index contributed by atoms with van der Waals surface area (Å²) in [5, 5.41) is 2.76. The fourth-order valence-electron chi connectivity index (χ4n) is 3.09. The van der Waals surface area contributed by atoms with Crippen molar-refractivity contribution in [2.45, 2.75) is 31.1 Å². The van der Waals surface area contributed by atoms with Gasteiger partial charge in [-0.15, -0.1) is 0 Å². The van der Waals surface area contributed by atoms with Gasteiger partial charge in [-0.2, -0.15) is 4.31 Å². The van der Waals surface area contributed by atoms with Crippen LogP contribution in [0.25, 0.3) is 6.08 Å². The fourth-order valence-corrected chi connectivity index (χ4v) is 4.60. The SMILES string of the molecule is Cc1ccccc1C=CC(=O)Nc1ccc(S(=O)(=O)N2CCCCC2)cc1. The van der Waals surface area contributed by atoms with E-state index >= 15 is 0 Å². The van der Waals surface area contributed by atoms with Crippen molar-refractivity contribution in [3.8, 4) is 0 Å². The Bertz CT molecular complexity index is 928. The molecule has 2 aromatic carbocycles. The van der Waals surface area contributed by atoms with Gasteiger partial charge in [-0.05, 0) is 61.2 Å². The quantitative estimate of drug-likeness (QED) is 0.797. The number of carbonyl (C=O) groups excluding carboxylic acids is 1. The van der Waals surface area contributed by atoms with Crippen molar-refractivity contribution in [3.63, 3.8) is 0 Å². The van der Waals surface area contributed by atoms with Crippen molar-refractivity contribution in [2.75, 3.05) is 18.4 Å². The summed E-state index contributed by atoms with van der Waals surface area (Å²) in [4.78, 5) is 12.4. The molecule has 0 aliphatic carbocycles. The second-order valence-electron chi connectivity index (χ2n) is 6.67. The van der Waals surface area contributed by atoms with Crippen LogP contribution in [0, 0.1) is 6.92 Å².